The van der Waals surface area contributed by atoms with Gasteiger partial charge in [0.15, 0.2) is 11.5 Å². The van der Waals surface area contributed by atoms with Gasteiger partial charge >= 0.3 is 0 Å². The van der Waals surface area contributed by atoms with Gasteiger partial charge in [-0.2, -0.15) is 0 Å². The summed E-state index contributed by atoms with van der Waals surface area (Å²) in [5, 5.41) is 11.2. The minimum atomic E-state index is -0.242. The number of hydrogen-bond acceptors (Lipinski definition) is 4. The molecule has 2 unspecified atom stereocenters. The first-order valence-corrected chi connectivity index (χ1v) is 9.87. The zero-order valence-electron chi connectivity index (χ0n) is 15.5. The van der Waals surface area contributed by atoms with E-state index in [2.05, 4.69) is 18.7 Å². The summed E-state index contributed by atoms with van der Waals surface area (Å²) in [5.74, 6) is 2.21. The van der Waals surface area contributed by atoms with E-state index in [0.29, 0.717) is 41.6 Å². The molecule has 0 saturated carbocycles. The molecular formula is C20H30ClNO3. The van der Waals surface area contributed by atoms with Crippen molar-refractivity contribution in [3.63, 3.8) is 0 Å². The second-order valence-electron chi connectivity index (χ2n) is 7.68. The lowest BCUT2D eigenvalue weighted by molar-refractivity contribution is -0.0715. The molecule has 1 N–H and O–H groups in total. The number of hydrogen-bond donors (Lipinski definition) is 1. The quantitative estimate of drug-likeness (QED) is 0.796. The van der Waals surface area contributed by atoms with Gasteiger partial charge in [-0.15, -0.1) is 0 Å². The van der Waals surface area contributed by atoms with Gasteiger partial charge in [-0.25, -0.2) is 0 Å². The third kappa shape index (κ3) is 4.24. The summed E-state index contributed by atoms with van der Waals surface area (Å²) in [5.41, 5.74) is 1.10. The van der Waals surface area contributed by atoms with Gasteiger partial charge in [-0.3, -0.25) is 4.90 Å². The molecule has 0 spiro atoms. The molecule has 0 amide bonds. The van der Waals surface area contributed by atoms with Gasteiger partial charge in [0, 0.05) is 6.04 Å². The van der Waals surface area contributed by atoms with E-state index >= 15 is 0 Å². The first-order valence-electron chi connectivity index (χ1n) is 9.49. The zero-order valence-corrected chi connectivity index (χ0v) is 16.3. The molecular weight excluding hydrogens is 338 g/mol. The molecule has 4 rings (SSSR count). The summed E-state index contributed by atoms with van der Waals surface area (Å²) in [6, 6.07) is 4.18. The van der Waals surface area contributed by atoms with Crippen LogP contribution in [-0.4, -0.2) is 48.5 Å². The number of aliphatic hydroxyl groups excluding tert-OH is 1. The summed E-state index contributed by atoms with van der Waals surface area (Å²) in [4.78, 5) is 2.42. The summed E-state index contributed by atoms with van der Waals surface area (Å²) in [6.07, 6.45) is 2.78. The van der Waals surface area contributed by atoms with Crippen molar-refractivity contribution in [2.24, 2.45) is 11.8 Å². The molecule has 0 aromatic heterocycles. The summed E-state index contributed by atoms with van der Waals surface area (Å²) < 4.78 is 11.7. The molecule has 1 aromatic rings. The average Bonchev–Trinajstić information content (AvgIpc) is 2.58. The van der Waals surface area contributed by atoms with Gasteiger partial charge in [0.05, 0.1) is 24.3 Å². The van der Waals surface area contributed by atoms with Crippen LogP contribution in [0.15, 0.2) is 12.1 Å². The van der Waals surface area contributed by atoms with Crippen molar-refractivity contribution in [3.05, 3.63) is 22.7 Å². The Bertz CT molecular complexity index is 583. The fourth-order valence-corrected chi connectivity index (χ4v) is 4.29. The van der Waals surface area contributed by atoms with Crippen molar-refractivity contribution in [3.8, 4) is 11.5 Å². The Morgan fingerprint density at radius 3 is 2.56 bits per heavy atom. The first-order chi connectivity index (χ1) is 12.0. The molecule has 3 fully saturated rings. The third-order valence-corrected chi connectivity index (χ3v) is 5.58. The van der Waals surface area contributed by atoms with Gasteiger partial charge in [-0.05, 0) is 68.8 Å². The number of rotatable bonds is 7. The summed E-state index contributed by atoms with van der Waals surface area (Å²) >= 11 is 6.51. The number of benzene rings is 1. The molecule has 4 nitrogen and oxygen atoms in total. The minimum absolute atomic E-state index is 0.181. The lowest BCUT2D eigenvalue weighted by Crippen LogP contribution is -2.58. The Balaban J connectivity index is 1.79. The molecule has 2 bridgehead atoms. The highest BCUT2D eigenvalue weighted by atomic mass is 35.5. The monoisotopic (exact) mass is 367 g/mol. The van der Waals surface area contributed by atoms with E-state index in [-0.39, 0.29) is 12.1 Å². The molecule has 0 radical (unpaired) electrons. The maximum absolute atomic E-state index is 10.6. The SMILES string of the molecule is CCOc1cc(CC2C(O)C3CCN2CC3)cc(Cl)c1OCC(C)C. The van der Waals surface area contributed by atoms with Crippen LogP contribution >= 0.6 is 11.6 Å². The van der Waals surface area contributed by atoms with Gasteiger partial charge in [0.1, 0.15) is 0 Å². The lowest BCUT2D eigenvalue weighted by Gasteiger charge is -2.49. The van der Waals surface area contributed by atoms with Crippen molar-refractivity contribution in [2.45, 2.75) is 52.2 Å². The van der Waals surface area contributed by atoms with Crippen LogP contribution in [-0.2, 0) is 6.42 Å². The number of ether oxygens (including phenoxy) is 2. The summed E-state index contributed by atoms with van der Waals surface area (Å²) in [6.45, 7) is 9.53. The van der Waals surface area contributed by atoms with E-state index in [1.54, 1.807) is 0 Å². The number of aliphatic hydroxyl groups is 1. The predicted molar refractivity (Wildman–Crippen MR) is 101 cm³/mol. The van der Waals surface area contributed by atoms with Crippen LogP contribution in [0.5, 0.6) is 11.5 Å². The molecule has 0 aliphatic carbocycles. The molecule has 5 heteroatoms. The van der Waals surface area contributed by atoms with E-state index in [1.165, 1.54) is 0 Å². The van der Waals surface area contributed by atoms with Crippen LogP contribution in [0.25, 0.3) is 0 Å². The Morgan fingerprint density at radius 2 is 1.96 bits per heavy atom. The van der Waals surface area contributed by atoms with Crippen molar-refractivity contribution in [2.75, 3.05) is 26.3 Å². The molecule has 3 saturated heterocycles. The van der Waals surface area contributed by atoms with E-state index in [9.17, 15) is 5.11 Å². The Hall–Kier alpha value is -0.970. The largest absolute Gasteiger partial charge is 0.490 e. The lowest BCUT2D eigenvalue weighted by atomic mass is 9.78. The average molecular weight is 368 g/mol. The van der Waals surface area contributed by atoms with Crippen LogP contribution in [0.2, 0.25) is 5.02 Å². The van der Waals surface area contributed by atoms with Crippen LogP contribution in [0, 0.1) is 11.8 Å². The molecule has 2 atom stereocenters. The van der Waals surface area contributed by atoms with Crippen molar-refractivity contribution < 1.29 is 14.6 Å². The predicted octanol–water partition coefficient (Wildman–Crippen LogP) is 3.77. The van der Waals surface area contributed by atoms with Crippen LogP contribution < -0.4 is 9.47 Å². The van der Waals surface area contributed by atoms with E-state index in [1.807, 2.05) is 19.1 Å². The molecule has 140 valence electrons. The number of piperidine rings is 3. The zero-order chi connectivity index (χ0) is 18.0. The first kappa shape index (κ1) is 18.8. The van der Waals surface area contributed by atoms with Gasteiger partial charge in [-0.1, -0.05) is 25.4 Å². The standard InChI is InChI=1S/C20H30ClNO3/c1-4-24-18-11-14(9-16(21)20(18)25-12-13(2)3)10-17-19(23)15-5-7-22(17)8-6-15/h9,11,13,15,17,19,23H,4-8,10,12H2,1-3H3. The van der Waals surface area contributed by atoms with Crippen molar-refractivity contribution >= 4 is 11.6 Å². The molecule has 3 aliphatic heterocycles. The van der Waals surface area contributed by atoms with E-state index in [0.717, 1.165) is 37.9 Å². The van der Waals surface area contributed by atoms with Crippen LogP contribution in [0.1, 0.15) is 39.2 Å². The summed E-state index contributed by atoms with van der Waals surface area (Å²) in [7, 11) is 0. The Labute approximate surface area is 156 Å². The van der Waals surface area contributed by atoms with Gasteiger partial charge < -0.3 is 14.6 Å². The maximum atomic E-state index is 10.6. The topological polar surface area (TPSA) is 41.9 Å². The fraction of sp³-hybridized carbons (Fsp3) is 0.700. The van der Waals surface area contributed by atoms with Gasteiger partial charge in [0.2, 0.25) is 0 Å². The number of nitrogens with zero attached hydrogens (tertiary/aromatic N) is 1. The van der Waals surface area contributed by atoms with E-state index in [4.69, 9.17) is 21.1 Å². The second kappa shape index (κ2) is 8.15. The van der Waals surface area contributed by atoms with Crippen LogP contribution in [0.3, 0.4) is 0 Å². The highest BCUT2D eigenvalue weighted by molar-refractivity contribution is 6.32. The van der Waals surface area contributed by atoms with Crippen molar-refractivity contribution in [1.29, 1.82) is 0 Å². The third-order valence-electron chi connectivity index (χ3n) is 5.30. The molecule has 3 aliphatic rings. The van der Waals surface area contributed by atoms with Crippen LogP contribution in [0.4, 0.5) is 0 Å². The highest BCUT2D eigenvalue weighted by Crippen LogP contribution is 2.39. The smallest absolute Gasteiger partial charge is 0.179 e. The minimum Gasteiger partial charge on any atom is -0.490 e. The molecule has 3 heterocycles. The van der Waals surface area contributed by atoms with Gasteiger partial charge in [0.25, 0.3) is 0 Å². The maximum Gasteiger partial charge on any atom is 0.179 e. The fourth-order valence-electron chi connectivity index (χ4n) is 4.01. The Kier molecular flexibility index (Phi) is 6.13. The Morgan fingerprint density at radius 1 is 1.24 bits per heavy atom. The molecule has 1 aromatic carbocycles. The van der Waals surface area contributed by atoms with Crippen molar-refractivity contribution in [1.82, 2.24) is 4.90 Å². The second-order valence-corrected chi connectivity index (χ2v) is 8.09. The number of halogens is 1. The highest BCUT2D eigenvalue weighted by Gasteiger charge is 2.41. The van der Waals surface area contributed by atoms with E-state index < -0.39 is 0 Å². The number of fused-ring (bicyclic) bond motifs is 3. The molecule has 25 heavy (non-hydrogen) atoms. The normalized spacial score (nSPS) is 28.4.